The SMILES string of the molecule is CCOC(=O)C(=COC)C(=O)C(C)C. The summed E-state index contributed by atoms with van der Waals surface area (Å²) in [6.45, 7) is 5.35. The van der Waals surface area contributed by atoms with Gasteiger partial charge in [0, 0.05) is 5.92 Å². The summed E-state index contributed by atoms with van der Waals surface area (Å²) in [5, 5.41) is 0. The summed E-state index contributed by atoms with van der Waals surface area (Å²) in [4.78, 5) is 22.8. The number of ether oxygens (including phenoxy) is 2. The Kier molecular flexibility index (Phi) is 5.60. The van der Waals surface area contributed by atoms with Crippen molar-refractivity contribution in [2.24, 2.45) is 5.92 Å². The molecular weight excluding hydrogens is 184 g/mol. The highest BCUT2D eigenvalue weighted by Gasteiger charge is 2.22. The van der Waals surface area contributed by atoms with Crippen molar-refractivity contribution in [3.8, 4) is 0 Å². The number of carbonyl (C=O) groups is 2. The lowest BCUT2D eigenvalue weighted by Gasteiger charge is -2.07. The van der Waals surface area contributed by atoms with Gasteiger partial charge in [-0.2, -0.15) is 0 Å². The van der Waals surface area contributed by atoms with E-state index in [-0.39, 0.29) is 23.9 Å². The first-order chi connectivity index (χ1) is 6.54. The molecule has 0 aromatic carbocycles. The zero-order chi connectivity index (χ0) is 11.1. The van der Waals surface area contributed by atoms with Crippen molar-refractivity contribution < 1.29 is 19.1 Å². The number of hydrogen-bond acceptors (Lipinski definition) is 4. The zero-order valence-electron chi connectivity index (χ0n) is 8.99. The summed E-state index contributed by atoms with van der Waals surface area (Å²) in [6, 6.07) is 0. The minimum Gasteiger partial charge on any atom is -0.503 e. The van der Waals surface area contributed by atoms with Crippen molar-refractivity contribution >= 4 is 11.8 Å². The molecule has 80 valence electrons. The number of rotatable bonds is 5. The van der Waals surface area contributed by atoms with Gasteiger partial charge in [-0.1, -0.05) is 13.8 Å². The molecule has 0 N–H and O–H groups in total. The molecule has 14 heavy (non-hydrogen) atoms. The third-order valence-corrected chi connectivity index (χ3v) is 1.52. The molecule has 0 spiro atoms. The van der Waals surface area contributed by atoms with Crippen LogP contribution in [0.4, 0.5) is 0 Å². The van der Waals surface area contributed by atoms with Gasteiger partial charge in [0.1, 0.15) is 11.8 Å². The molecule has 0 amide bonds. The van der Waals surface area contributed by atoms with E-state index < -0.39 is 5.97 Å². The first-order valence-corrected chi connectivity index (χ1v) is 4.48. The Bertz CT molecular complexity index is 241. The second kappa shape index (κ2) is 6.18. The van der Waals surface area contributed by atoms with Crippen molar-refractivity contribution in [3.63, 3.8) is 0 Å². The predicted octanol–water partition coefficient (Wildman–Crippen LogP) is 1.30. The number of esters is 1. The van der Waals surface area contributed by atoms with Crippen LogP contribution < -0.4 is 0 Å². The minimum atomic E-state index is -0.631. The number of hydrogen-bond donors (Lipinski definition) is 0. The molecule has 0 aliphatic carbocycles. The fourth-order valence-corrected chi connectivity index (χ4v) is 0.844. The van der Waals surface area contributed by atoms with Crippen LogP contribution >= 0.6 is 0 Å². The second-order valence-electron chi connectivity index (χ2n) is 3.01. The summed E-state index contributed by atoms with van der Waals surface area (Å²) >= 11 is 0. The Labute approximate surface area is 83.9 Å². The molecule has 0 radical (unpaired) electrons. The maximum absolute atomic E-state index is 11.5. The van der Waals surface area contributed by atoms with Gasteiger partial charge in [-0.15, -0.1) is 0 Å². The van der Waals surface area contributed by atoms with Gasteiger partial charge in [0.05, 0.1) is 13.7 Å². The third kappa shape index (κ3) is 3.60. The molecule has 0 unspecified atom stereocenters. The van der Waals surface area contributed by atoms with Crippen LogP contribution in [-0.2, 0) is 19.1 Å². The highest BCUT2D eigenvalue weighted by Crippen LogP contribution is 2.08. The maximum atomic E-state index is 11.5. The molecule has 4 nitrogen and oxygen atoms in total. The minimum absolute atomic E-state index is 0.0376. The highest BCUT2D eigenvalue weighted by atomic mass is 16.5. The van der Waals surface area contributed by atoms with Crippen LogP contribution in [0, 0.1) is 5.92 Å². The normalized spacial score (nSPS) is 11.4. The van der Waals surface area contributed by atoms with Crippen LogP contribution in [0.25, 0.3) is 0 Å². The fraction of sp³-hybridized carbons (Fsp3) is 0.600. The lowest BCUT2D eigenvalue weighted by atomic mass is 10.0. The van der Waals surface area contributed by atoms with Crippen molar-refractivity contribution in [3.05, 3.63) is 11.8 Å². The second-order valence-corrected chi connectivity index (χ2v) is 3.01. The molecule has 0 saturated heterocycles. The van der Waals surface area contributed by atoms with Crippen LogP contribution in [-0.4, -0.2) is 25.5 Å². The Morgan fingerprint density at radius 2 is 1.93 bits per heavy atom. The Morgan fingerprint density at radius 3 is 2.29 bits per heavy atom. The summed E-state index contributed by atoms with van der Waals surface area (Å²) < 4.78 is 9.38. The van der Waals surface area contributed by atoms with E-state index in [4.69, 9.17) is 4.74 Å². The van der Waals surface area contributed by atoms with Crippen molar-refractivity contribution in [1.82, 2.24) is 0 Å². The van der Waals surface area contributed by atoms with Crippen molar-refractivity contribution in [2.45, 2.75) is 20.8 Å². The average Bonchev–Trinajstić information content (AvgIpc) is 2.13. The quantitative estimate of drug-likeness (QED) is 0.221. The summed E-state index contributed by atoms with van der Waals surface area (Å²) in [5.41, 5.74) is -0.0376. The Morgan fingerprint density at radius 1 is 1.36 bits per heavy atom. The van der Waals surface area contributed by atoms with E-state index in [1.54, 1.807) is 20.8 Å². The molecule has 0 atom stereocenters. The maximum Gasteiger partial charge on any atom is 0.344 e. The van der Waals surface area contributed by atoms with E-state index in [1.807, 2.05) is 0 Å². The molecule has 0 fully saturated rings. The van der Waals surface area contributed by atoms with E-state index in [1.165, 1.54) is 7.11 Å². The molecule has 0 aromatic rings. The third-order valence-electron chi connectivity index (χ3n) is 1.52. The number of methoxy groups -OCH3 is 1. The van der Waals surface area contributed by atoms with Crippen LogP contribution in [0.2, 0.25) is 0 Å². The van der Waals surface area contributed by atoms with Gasteiger partial charge in [0.15, 0.2) is 5.78 Å². The first kappa shape index (κ1) is 12.7. The number of carbonyl (C=O) groups excluding carboxylic acids is 2. The van der Waals surface area contributed by atoms with E-state index in [9.17, 15) is 9.59 Å². The molecular formula is C10H16O4. The van der Waals surface area contributed by atoms with Gasteiger partial charge in [0.2, 0.25) is 0 Å². The smallest absolute Gasteiger partial charge is 0.344 e. The van der Waals surface area contributed by atoms with Crippen molar-refractivity contribution in [1.29, 1.82) is 0 Å². The van der Waals surface area contributed by atoms with Crippen LogP contribution in [0.15, 0.2) is 11.8 Å². The van der Waals surface area contributed by atoms with Crippen LogP contribution in [0.3, 0.4) is 0 Å². The van der Waals surface area contributed by atoms with E-state index >= 15 is 0 Å². The van der Waals surface area contributed by atoms with Crippen molar-refractivity contribution in [2.75, 3.05) is 13.7 Å². The standard InChI is InChI=1S/C10H16O4/c1-5-14-10(12)8(6-13-4)9(11)7(2)3/h6-7H,5H2,1-4H3. The van der Waals surface area contributed by atoms with Gasteiger partial charge >= 0.3 is 5.97 Å². The average molecular weight is 200 g/mol. The van der Waals surface area contributed by atoms with Gasteiger partial charge in [-0.05, 0) is 6.92 Å². The number of Topliss-reactive ketones (excluding diaryl/α,β-unsaturated/α-hetero) is 1. The van der Waals surface area contributed by atoms with E-state index in [0.29, 0.717) is 0 Å². The van der Waals surface area contributed by atoms with E-state index in [0.717, 1.165) is 6.26 Å². The summed E-state index contributed by atoms with van der Waals surface area (Å²) in [7, 11) is 1.38. The lowest BCUT2D eigenvalue weighted by molar-refractivity contribution is -0.140. The molecule has 0 aliphatic rings. The lowest BCUT2D eigenvalue weighted by Crippen LogP contribution is -2.20. The highest BCUT2D eigenvalue weighted by molar-refractivity contribution is 6.17. The topological polar surface area (TPSA) is 52.6 Å². The molecule has 0 aromatic heterocycles. The summed E-state index contributed by atoms with van der Waals surface area (Å²) in [5.74, 6) is -1.15. The van der Waals surface area contributed by atoms with Crippen LogP contribution in [0.1, 0.15) is 20.8 Å². The molecule has 0 rings (SSSR count). The van der Waals surface area contributed by atoms with E-state index in [2.05, 4.69) is 4.74 Å². The molecule has 0 heterocycles. The van der Waals surface area contributed by atoms with Gasteiger partial charge in [0.25, 0.3) is 0 Å². The van der Waals surface area contributed by atoms with Gasteiger partial charge < -0.3 is 9.47 Å². The Balaban J connectivity index is 4.69. The first-order valence-electron chi connectivity index (χ1n) is 4.48. The predicted molar refractivity (Wildman–Crippen MR) is 51.6 cm³/mol. The zero-order valence-corrected chi connectivity index (χ0v) is 8.99. The van der Waals surface area contributed by atoms with Crippen LogP contribution in [0.5, 0.6) is 0 Å². The molecule has 0 bridgehead atoms. The Hall–Kier alpha value is -1.32. The largest absolute Gasteiger partial charge is 0.503 e. The summed E-state index contributed by atoms with van der Waals surface area (Å²) in [6.07, 6.45) is 1.13. The fourth-order valence-electron chi connectivity index (χ4n) is 0.844. The van der Waals surface area contributed by atoms with Gasteiger partial charge in [-0.3, -0.25) is 4.79 Å². The van der Waals surface area contributed by atoms with Gasteiger partial charge in [-0.25, -0.2) is 4.79 Å². The monoisotopic (exact) mass is 200 g/mol. The number of ketones is 1. The molecule has 0 saturated carbocycles. The molecule has 0 aliphatic heterocycles. The molecule has 4 heteroatoms.